The number of unbranched alkanes of at least 4 members (excludes halogenated alkanes) is 1. The van der Waals surface area contributed by atoms with Crippen LogP contribution < -0.4 is 9.60 Å². The molecule has 0 saturated heterocycles. The monoisotopic (exact) mass is 494 g/mol. The van der Waals surface area contributed by atoms with Crippen LogP contribution >= 0.6 is 45.3 Å². The number of hydrogen-bond acceptors (Lipinski definition) is 12. The zero-order valence-electron chi connectivity index (χ0n) is 17.8. The molecular formula is C17H22N10S4. The molecule has 0 aliphatic carbocycles. The van der Waals surface area contributed by atoms with Gasteiger partial charge in [-0.15, -0.1) is 20.4 Å². The van der Waals surface area contributed by atoms with Gasteiger partial charge >= 0.3 is 0 Å². The molecule has 164 valence electrons. The fourth-order valence-corrected chi connectivity index (χ4v) is 5.68. The van der Waals surface area contributed by atoms with Gasteiger partial charge in [-0.3, -0.25) is 0 Å². The van der Waals surface area contributed by atoms with Crippen molar-refractivity contribution in [1.29, 1.82) is 0 Å². The summed E-state index contributed by atoms with van der Waals surface area (Å²) < 4.78 is 3.88. The Labute approximate surface area is 194 Å². The summed E-state index contributed by atoms with van der Waals surface area (Å²) in [4.78, 5) is 11.0. The minimum Gasteiger partial charge on any atom is -0.213 e. The van der Waals surface area contributed by atoms with Gasteiger partial charge in [0.1, 0.15) is 26.2 Å². The smallest absolute Gasteiger partial charge is 0.213 e. The predicted octanol–water partition coefficient (Wildman–Crippen LogP) is 3.84. The molecule has 0 aliphatic heterocycles. The van der Waals surface area contributed by atoms with E-state index in [0.717, 1.165) is 48.9 Å². The summed E-state index contributed by atoms with van der Waals surface area (Å²) in [5.74, 6) is 0. The molecular weight excluding hydrogens is 473 g/mol. The third kappa shape index (κ3) is 5.19. The van der Waals surface area contributed by atoms with Crippen molar-refractivity contribution in [3.8, 4) is 0 Å². The second-order valence-electron chi connectivity index (χ2n) is 6.75. The number of aromatic nitrogens is 8. The summed E-state index contributed by atoms with van der Waals surface area (Å²) in [5, 5.41) is 30.9. The molecule has 0 aromatic carbocycles. The standard InChI is InChI=1S/C17H22N10S4/c1-6-7-8-13(26-16(30-11(4)24-26)18-14-22-20-9(2)28-14)27-17(31-12(5)25-27)19-15-23-21-10(3)29-15/h13H,6-8H2,1-5H3. The van der Waals surface area contributed by atoms with Gasteiger partial charge in [-0.1, -0.05) is 58.7 Å². The lowest BCUT2D eigenvalue weighted by atomic mass is 10.2. The number of hydrogen-bond donors (Lipinski definition) is 0. The van der Waals surface area contributed by atoms with E-state index in [0.29, 0.717) is 10.3 Å². The lowest BCUT2D eigenvalue weighted by Gasteiger charge is -2.17. The van der Waals surface area contributed by atoms with Crippen LogP contribution in [0, 0.1) is 27.7 Å². The summed E-state index contributed by atoms with van der Waals surface area (Å²) in [7, 11) is 0. The van der Waals surface area contributed by atoms with Crippen molar-refractivity contribution < 1.29 is 0 Å². The number of rotatable bonds is 7. The topological polar surface area (TPSA) is 112 Å². The van der Waals surface area contributed by atoms with E-state index >= 15 is 0 Å². The zero-order chi connectivity index (χ0) is 22.0. The normalized spacial score (nSPS) is 14.0. The average molecular weight is 495 g/mol. The third-order valence-electron chi connectivity index (χ3n) is 4.16. The van der Waals surface area contributed by atoms with Crippen LogP contribution in [0.3, 0.4) is 0 Å². The molecule has 0 spiro atoms. The first kappa shape index (κ1) is 22.0. The van der Waals surface area contributed by atoms with Crippen molar-refractivity contribution in [2.45, 2.75) is 60.0 Å². The Morgan fingerprint density at radius 3 is 1.58 bits per heavy atom. The molecule has 4 heterocycles. The van der Waals surface area contributed by atoms with Crippen LogP contribution in [0.2, 0.25) is 0 Å². The maximum Gasteiger partial charge on any atom is 0.234 e. The lowest BCUT2D eigenvalue weighted by Crippen LogP contribution is -2.33. The lowest BCUT2D eigenvalue weighted by molar-refractivity contribution is 0.312. The van der Waals surface area contributed by atoms with Crippen LogP contribution in [0.4, 0.5) is 10.3 Å². The van der Waals surface area contributed by atoms with Crippen LogP contribution in [0.1, 0.15) is 52.4 Å². The molecule has 0 aliphatic rings. The van der Waals surface area contributed by atoms with Gasteiger partial charge in [0.2, 0.25) is 19.9 Å². The SMILES string of the molecule is CCCCC(n1nc(C)sc1=Nc1nnc(C)s1)n1nc(C)sc1=Nc1nnc(C)s1. The van der Waals surface area contributed by atoms with Crippen LogP contribution in [-0.4, -0.2) is 40.0 Å². The molecule has 31 heavy (non-hydrogen) atoms. The third-order valence-corrected chi connectivity index (χ3v) is 7.30. The summed E-state index contributed by atoms with van der Waals surface area (Å²) in [5.41, 5.74) is 0. The van der Waals surface area contributed by atoms with Crippen LogP contribution in [-0.2, 0) is 0 Å². The van der Waals surface area contributed by atoms with E-state index in [1.807, 2.05) is 37.1 Å². The second kappa shape index (κ2) is 9.54. The number of aryl methyl sites for hydroxylation is 4. The maximum absolute atomic E-state index is 4.78. The van der Waals surface area contributed by atoms with Crippen LogP contribution in [0.15, 0.2) is 9.98 Å². The highest BCUT2D eigenvalue weighted by atomic mass is 32.1. The molecule has 14 heteroatoms. The Kier molecular flexibility index (Phi) is 6.79. The Balaban J connectivity index is 1.86. The molecule has 4 rings (SSSR count). The summed E-state index contributed by atoms with van der Waals surface area (Å²) in [6, 6.07) is 0. The molecule has 4 aromatic heterocycles. The summed E-state index contributed by atoms with van der Waals surface area (Å²) in [6.45, 7) is 9.98. The quantitative estimate of drug-likeness (QED) is 0.386. The summed E-state index contributed by atoms with van der Waals surface area (Å²) >= 11 is 5.98. The maximum atomic E-state index is 4.78. The average Bonchev–Trinajstić information content (AvgIpc) is 3.48. The first-order valence-corrected chi connectivity index (χ1v) is 13.0. The highest BCUT2D eigenvalue weighted by molar-refractivity contribution is 7.15. The van der Waals surface area contributed by atoms with Crippen molar-refractivity contribution in [1.82, 2.24) is 40.0 Å². The van der Waals surface area contributed by atoms with Gasteiger partial charge in [0, 0.05) is 0 Å². The molecule has 0 unspecified atom stereocenters. The second-order valence-corrected chi connectivity index (χ2v) is 11.4. The van der Waals surface area contributed by atoms with Crippen molar-refractivity contribution >= 4 is 55.6 Å². The van der Waals surface area contributed by atoms with E-state index < -0.39 is 0 Å². The fourth-order valence-electron chi connectivity index (χ4n) is 2.89. The molecule has 0 amide bonds. The van der Waals surface area contributed by atoms with Crippen LogP contribution in [0.5, 0.6) is 0 Å². The highest BCUT2D eigenvalue weighted by Crippen LogP contribution is 2.21. The van der Waals surface area contributed by atoms with Gasteiger partial charge in [0.15, 0.2) is 0 Å². The van der Waals surface area contributed by atoms with Crippen molar-refractivity contribution in [2.75, 3.05) is 0 Å². The van der Waals surface area contributed by atoms with E-state index in [4.69, 9.17) is 20.2 Å². The Morgan fingerprint density at radius 2 is 1.19 bits per heavy atom. The van der Waals surface area contributed by atoms with Gasteiger partial charge < -0.3 is 0 Å². The van der Waals surface area contributed by atoms with E-state index in [1.54, 1.807) is 0 Å². The minimum absolute atomic E-state index is 0.157. The van der Waals surface area contributed by atoms with Gasteiger partial charge in [0.25, 0.3) is 0 Å². The highest BCUT2D eigenvalue weighted by Gasteiger charge is 2.21. The van der Waals surface area contributed by atoms with Gasteiger partial charge in [-0.25, -0.2) is 9.36 Å². The molecule has 10 nitrogen and oxygen atoms in total. The largest absolute Gasteiger partial charge is 0.234 e. The number of nitrogens with zero attached hydrogens (tertiary/aromatic N) is 10. The first-order valence-electron chi connectivity index (χ1n) is 9.75. The van der Waals surface area contributed by atoms with E-state index in [1.165, 1.54) is 45.3 Å². The van der Waals surface area contributed by atoms with Gasteiger partial charge in [-0.05, 0) is 40.5 Å². The summed E-state index contributed by atoms with van der Waals surface area (Å²) in [6.07, 6.45) is 2.78. The molecule has 0 fully saturated rings. The zero-order valence-corrected chi connectivity index (χ0v) is 21.1. The predicted molar refractivity (Wildman–Crippen MR) is 123 cm³/mol. The van der Waals surface area contributed by atoms with Crippen molar-refractivity contribution in [3.05, 3.63) is 29.6 Å². The van der Waals surface area contributed by atoms with Gasteiger partial charge in [0.05, 0.1) is 0 Å². The molecule has 0 atom stereocenters. The molecule has 0 N–H and O–H groups in total. The van der Waals surface area contributed by atoms with Crippen molar-refractivity contribution in [3.63, 3.8) is 0 Å². The van der Waals surface area contributed by atoms with E-state index in [-0.39, 0.29) is 6.17 Å². The van der Waals surface area contributed by atoms with Gasteiger partial charge in [-0.2, -0.15) is 20.2 Å². The Morgan fingerprint density at radius 1 is 0.710 bits per heavy atom. The fraction of sp³-hybridized carbons (Fsp3) is 0.529. The first-order chi connectivity index (χ1) is 14.9. The minimum atomic E-state index is -0.157. The molecule has 0 saturated carbocycles. The van der Waals surface area contributed by atoms with Crippen molar-refractivity contribution in [2.24, 2.45) is 9.98 Å². The Bertz CT molecular complexity index is 1200. The van der Waals surface area contributed by atoms with Crippen LogP contribution in [0.25, 0.3) is 0 Å². The Hall–Kier alpha value is -2.16. The molecule has 0 bridgehead atoms. The van der Waals surface area contributed by atoms with E-state index in [2.05, 4.69) is 27.3 Å². The molecule has 0 radical (unpaired) electrons. The van der Waals surface area contributed by atoms with E-state index in [9.17, 15) is 0 Å². The molecule has 4 aromatic rings.